The monoisotopic (exact) mass is 249 g/mol. The third-order valence-corrected chi connectivity index (χ3v) is 5.91. The summed E-state index contributed by atoms with van der Waals surface area (Å²) in [4.78, 5) is 4.20. The average Bonchev–Trinajstić information content (AvgIpc) is 2.91. The molecule has 2 fully saturated rings. The number of fused-ring (bicyclic) bond motifs is 2. The van der Waals surface area contributed by atoms with Gasteiger partial charge in [0, 0.05) is 22.7 Å². The fourth-order valence-electron chi connectivity index (χ4n) is 3.49. The molecule has 2 saturated carbocycles. The zero-order valence-electron chi connectivity index (χ0n) is 10.7. The first kappa shape index (κ1) is 11.2. The van der Waals surface area contributed by atoms with Crippen LogP contribution in [0, 0.1) is 16.7 Å². The van der Waals surface area contributed by atoms with Crippen molar-refractivity contribution in [2.45, 2.75) is 40.0 Å². The van der Waals surface area contributed by atoms with Crippen LogP contribution in [-0.4, -0.2) is 10.7 Å². The number of aromatic nitrogens is 1. The SMILES string of the molecule is CC1(C)C2CC[C@]1(C)C(=NNc1nccs1)C2. The van der Waals surface area contributed by atoms with Crippen molar-refractivity contribution in [3.05, 3.63) is 11.6 Å². The molecule has 0 aliphatic heterocycles. The first-order valence-corrected chi connectivity index (χ1v) is 7.14. The lowest BCUT2D eigenvalue weighted by Gasteiger charge is -2.34. The highest BCUT2D eigenvalue weighted by atomic mass is 32.1. The molecule has 2 atom stereocenters. The second kappa shape index (κ2) is 3.55. The Hall–Kier alpha value is -0.900. The Morgan fingerprint density at radius 3 is 2.82 bits per heavy atom. The van der Waals surface area contributed by atoms with Crippen LogP contribution < -0.4 is 5.43 Å². The van der Waals surface area contributed by atoms with E-state index >= 15 is 0 Å². The zero-order valence-corrected chi connectivity index (χ0v) is 11.5. The van der Waals surface area contributed by atoms with Gasteiger partial charge in [-0.3, -0.25) is 5.43 Å². The molecule has 3 rings (SSSR count). The second-order valence-electron chi connectivity index (χ2n) is 6.00. The molecule has 2 aliphatic carbocycles. The van der Waals surface area contributed by atoms with Crippen LogP contribution >= 0.6 is 11.3 Å². The summed E-state index contributed by atoms with van der Waals surface area (Å²) in [7, 11) is 0. The first-order valence-electron chi connectivity index (χ1n) is 6.26. The van der Waals surface area contributed by atoms with Crippen LogP contribution in [-0.2, 0) is 0 Å². The lowest BCUT2D eigenvalue weighted by molar-refractivity contribution is 0.194. The quantitative estimate of drug-likeness (QED) is 0.810. The summed E-state index contributed by atoms with van der Waals surface area (Å²) >= 11 is 1.60. The van der Waals surface area contributed by atoms with E-state index in [2.05, 4.69) is 36.3 Å². The number of nitrogens with zero attached hydrogens (tertiary/aromatic N) is 2. The number of nitrogens with one attached hydrogen (secondary N) is 1. The Balaban J connectivity index is 1.84. The van der Waals surface area contributed by atoms with Crippen LogP contribution in [0.1, 0.15) is 40.0 Å². The molecule has 17 heavy (non-hydrogen) atoms. The summed E-state index contributed by atoms with van der Waals surface area (Å²) < 4.78 is 0. The van der Waals surface area contributed by atoms with Gasteiger partial charge in [-0.05, 0) is 30.6 Å². The van der Waals surface area contributed by atoms with Gasteiger partial charge in [0.15, 0.2) is 0 Å². The molecule has 1 aromatic heterocycles. The molecular formula is C13H19N3S. The smallest absolute Gasteiger partial charge is 0.203 e. The molecule has 0 spiro atoms. The highest BCUT2D eigenvalue weighted by Crippen LogP contribution is 2.63. The van der Waals surface area contributed by atoms with E-state index in [-0.39, 0.29) is 5.41 Å². The number of hydrogen-bond donors (Lipinski definition) is 1. The number of rotatable bonds is 2. The van der Waals surface area contributed by atoms with Crippen molar-refractivity contribution in [2.24, 2.45) is 21.8 Å². The van der Waals surface area contributed by atoms with E-state index in [1.165, 1.54) is 18.6 Å². The largest absolute Gasteiger partial charge is 0.253 e. The predicted molar refractivity (Wildman–Crippen MR) is 72.4 cm³/mol. The minimum Gasteiger partial charge on any atom is -0.253 e. The van der Waals surface area contributed by atoms with Crippen molar-refractivity contribution in [3.63, 3.8) is 0 Å². The summed E-state index contributed by atoms with van der Waals surface area (Å²) in [5, 5.41) is 7.49. The highest BCUT2D eigenvalue weighted by Gasteiger charge is 2.59. The topological polar surface area (TPSA) is 37.3 Å². The van der Waals surface area contributed by atoms with Gasteiger partial charge >= 0.3 is 0 Å². The molecule has 0 amide bonds. The molecular weight excluding hydrogens is 230 g/mol. The second-order valence-corrected chi connectivity index (χ2v) is 6.90. The maximum absolute atomic E-state index is 4.63. The van der Waals surface area contributed by atoms with E-state index in [0.29, 0.717) is 5.41 Å². The van der Waals surface area contributed by atoms with E-state index in [9.17, 15) is 0 Å². The molecule has 1 heterocycles. The Kier molecular flexibility index (Phi) is 2.34. The number of thiazole rings is 1. The van der Waals surface area contributed by atoms with Crippen LogP contribution in [0.3, 0.4) is 0 Å². The third kappa shape index (κ3) is 1.46. The lowest BCUT2D eigenvalue weighted by atomic mass is 9.70. The summed E-state index contributed by atoms with van der Waals surface area (Å²) in [6, 6.07) is 0. The zero-order chi connectivity index (χ0) is 12.1. The van der Waals surface area contributed by atoms with Crippen LogP contribution in [0.4, 0.5) is 5.13 Å². The normalized spacial score (nSPS) is 36.6. The fourth-order valence-corrected chi connectivity index (χ4v) is 3.96. The number of hydrogen-bond acceptors (Lipinski definition) is 4. The molecule has 2 aliphatic rings. The Morgan fingerprint density at radius 1 is 1.47 bits per heavy atom. The van der Waals surface area contributed by atoms with E-state index < -0.39 is 0 Å². The van der Waals surface area contributed by atoms with Crippen molar-refractivity contribution >= 4 is 22.2 Å². The minimum absolute atomic E-state index is 0.280. The molecule has 0 saturated heterocycles. The van der Waals surface area contributed by atoms with E-state index in [4.69, 9.17) is 0 Å². The average molecular weight is 249 g/mol. The summed E-state index contributed by atoms with van der Waals surface area (Å²) in [5.74, 6) is 0.810. The minimum atomic E-state index is 0.280. The maximum Gasteiger partial charge on any atom is 0.203 e. The molecule has 2 bridgehead atoms. The lowest BCUT2D eigenvalue weighted by Crippen LogP contribution is -2.32. The van der Waals surface area contributed by atoms with Crippen LogP contribution in [0.15, 0.2) is 16.7 Å². The van der Waals surface area contributed by atoms with E-state index in [1.54, 1.807) is 17.5 Å². The van der Waals surface area contributed by atoms with Crippen molar-refractivity contribution in [2.75, 3.05) is 5.43 Å². The summed E-state index contributed by atoms with van der Waals surface area (Å²) in [6.07, 6.45) is 5.60. The van der Waals surface area contributed by atoms with Crippen LogP contribution in [0.25, 0.3) is 0 Å². The van der Waals surface area contributed by atoms with Crippen molar-refractivity contribution in [1.82, 2.24) is 4.98 Å². The Labute approximate surface area is 106 Å². The van der Waals surface area contributed by atoms with Gasteiger partial charge in [-0.2, -0.15) is 5.10 Å². The van der Waals surface area contributed by atoms with E-state index in [1.807, 2.05) is 5.38 Å². The van der Waals surface area contributed by atoms with Crippen LogP contribution in [0.2, 0.25) is 0 Å². The molecule has 4 heteroatoms. The summed E-state index contributed by atoms with van der Waals surface area (Å²) in [6.45, 7) is 7.18. The molecule has 1 unspecified atom stereocenters. The molecule has 1 aromatic rings. The van der Waals surface area contributed by atoms with Crippen LogP contribution in [0.5, 0.6) is 0 Å². The standard InChI is InChI=1S/C13H19N3S/c1-12(2)9-4-5-13(12,3)10(8-9)15-16-11-14-6-7-17-11/h6-7,9H,4-5,8H2,1-3H3,(H,14,16)/t9?,13-/m1/s1. The van der Waals surface area contributed by atoms with Crippen molar-refractivity contribution < 1.29 is 0 Å². The van der Waals surface area contributed by atoms with Gasteiger partial charge in [-0.1, -0.05) is 20.8 Å². The number of hydrazone groups is 1. The molecule has 1 N–H and O–H groups in total. The Bertz CT molecular complexity index is 449. The maximum atomic E-state index is 4.63. The van der Waals surface area contributed by atoms with Gasteiger partial charge in [-0.25, -0.2) is 4.98 Å². The molecule has 0 radical (unpaired) electrons. The molecule has 92 valence electrons. The van der Waals surface area contributed by atoms with Crippen molar-refractivity contribution in [3.8, 4) is 0 Å². The van der Waals surface area contributed by atoms with Gasteiger partial charge in [0.25, 0.3) is 0 Å². The summed E-state index contributed by atoms with van der Waals surface area (Å²) in [5.41, 5.74) is 5.13. The van der Waals surface area contributed by atoms with Gasteiger partial charge in [0.2, 0.25) is 5.13 Å². The van der Waals surface area contributed by atoms with Gasteiger partial charge in [0.1, 0.15) is 0 Å². The number of anilines is 1. The fraction of sp³-hybridized carbons (Fsp3) is 0.692. The Morgan fingerprint density at radius 2 is 2.29 bits per heavy atom. The molecule has 0 aromatic carbocycles. The molecule has 3 nitrogen and oxygen atoms in total. The predicted octanol–water partition coefficient (Wildman–Crippen LogP) is 3.76. The van der Waals surface area contributed by atoms with Crippen molar-refractivity contribution in [1.29, 1.82) is 0 Å². The van der Waals surface area contributed by atoms with Gasteiger partial charge in [-0.15, -0.1) is 11.3 Å². The third-order valence-electron chi connectivity index (χ3n) is 5.23. The van der Waals surface area contributed by atoms with Gasteiger partial charge < -0.3 is 0 Å². The van der Waals surface area contributed by atoms with E-state index in [0.717, 1.165) is 17.5 Å². The first-order chi connectivity index (χ1) is 8.04. The van der Waals surface area contributed by atoms with Gasteiger partial charge in [0.05, 0.1) is 0 Å². The highest BCUT2D eigenvalue weighted by molar-refractivity contribution is 7.13.